The molecule has 1 saturated carbocycles. The van der Waals surface area contributed by atoms with Gasteiger partial charge in [-0.3, -0.25) is 0 Å². The highest BCUT2D eigenvalue weighted by molar-refractivity contribution is 5.51. The van der Waals surface area contributed by atoms with Gasteiger partial charge in [-0.2, -0.15) is 0 Å². The number of benzene rings is 1. The summed E-state index contributed by atoms with van der Waals surface area (Å²) in [5.41, 5.74) is 4.11. The minimum absolute atomic E-state index is 0.0213. The maximum atomic E-state index is 10.2. The van der Waals surface area contributed by atoms with Gasteiger partial charge in [-0.25, -0.2) is 0 Å². The van der Waals surface area contributed by atoms with Gasteiger partial charge in [0.2, 0.25) is 0 Å². The molecule has 1 aromatic carbocycles. The molecule has 25 heavy (non-hydrogen) atoms. The molecule has 0 spiro atoms. The van der Waals surface area contributed by atoms with Crippen molar-refractivity contribution in [2.45, 2.75) is 63.8 Å². The van der Waals surface area contributed by atoms with Gasteiger partial charge in [-0.05, 0) is 64.8 Å². The molecule has 1 N–H and O–H groups in total. The molecule has 1 heterocycles. The highest BCUT2D eigenvalue weighted by Gasteiger charge is 2.55. The van der Waals surface area contributed by atoms with Gasteiger partial charge < -0.3 is 19.3 Å². The lowest BCUT2D eigenvalue weighted by Gasteiger charge is -2.57. The molecule has 138 valence electrons. The Morgan fingerprint density at radius 1 is 1.24 bits per heavy atom. The summed E-state index contributed by atoms with van der Waals surface area (Å²) in [6, 6.07) is 4.30. The third-order valence-corrected chi connectivity index (χ3v) is 7.11. The Labute approximate surface area is 150 Å². The maximum Gasteiger partial charge on any atom is 0.159 e. The van der Waals surface area contributed by atoms with Gasteiger partial charge in [-0.15, -0.1) is 0 Å². The second-order valence-electron chi connectivity index (χ2n) is 8.68. The van der Waals surface area contributed by atoms with Crippen molar-refractivity contribution in [1.29, 1.82) is 0 Å². The second kappa shape index (κ2) is 5.97. The lowest BCUT2D eigenvalue weighted by molar-refractivity contribution is -0.168. The first-order chi connectivity index (χ1) is 11.9. The molecule has 0 aromatic heterocycles. The molecule has 0 radical (unpaired) electrons. The number of hydrogen-bond donors (Lipinski definition) is 1. The summed E-state index contributed by atoms with van der Waals surface area (Å²) in [6.07, 6.45) is 4.35. The molecule has 5 atom stereocenters. The molecule has 4 rings (SSSR count). The number of rotatable bonds is 3. The van der Waals surface area contributed by atoms with E-state index in [9.17, 15) is 5.11 Å². The minimum Gasteiger partial charge on any atom is -0.497 e. The molecule has 4 nitrogen and oxygen atoms in total. The fourth-order valence-corrected chi connectivity index (χ4v) is 6.05. The van der Waals surface area contributed by atoms with Crippen LogP contribution >= 0.6 is 0 Å². The summed E-state index contributed by atoms with van der Waals surface area (Å²) < 4.78 is 17.2. The van der Waals surface area contributed by atoms with Crippen molar-refractivity contribution >= 4 is 0 Å². The van der Waals surface area contributed by atoms with E-state index in [0.717, 1.165) is 18.8 Å². The van der Waals surface area contributed by atoms with Crippen LogP contribution in [0.3, 0.4) is 0 Å². The zero-order chi connectivity index (χ0) is 17.8. The van der Waals surface area contributed by atoms with Gasteiger partial charge in [0.05, 0.1) is 19.8 Å². The SMILES string of the molecule is COCC1(C)CCCC2(C)c3cc(OC)cc4c3[C@H](CC12)OC(O)C4. The van der Waals surface area contributed by atoms with Gasteiger partial charge in [0.25, 0.3) is 0 Å². The van der Waals surface area contributed by atoms with Gasteiger partial charge in [0.15, 0.2) is 6.29 Å². The van der Waals surface area contributed by atoms with Crippen LogP contribution in [0, 0.1) is 11.3 Å². The van der Waals surface area contributed by atoms with E-state index in [-0.39, 0.29) is 16.9 Å². The van der Waals surface area contributed by atoms with Crippen LogP contribution in [0.5, 0.6) is 5.75 Å². The molecular weight excluding hydrogens is 316 g/mol. The Kier molecular flexibility index (Phi) is 4.13. The summed E-state index contributed by atoms with van der Waals surface area (Å²) in [5.74, 6) is 1.36. The van der Waals surface area contributed by atoms with Crippen molar-refractivity contribution in [3.05, 3.63) is 28.8 Å². The van der Waals surface area contributed by atoms with Crippen molar-refractivity contribution in [3.63, 3.8) is 0 Å². The van der Waals surface area contributed by atoms with E-state index in [0.29, 0.717) is 12.3 Å². The largest absolute Gasteiger partial charge is 0.497 e. The zero-order valence-corrected chi connectivity index (χ0v) is 15.8. The Balaban J connectivity index is 1.89. The number of aliphatic hydroxyl groups is 1. The lowest BCUT2D eigenvalue weighted by atomic mass is 9.49. The van der Waals surface area contributed by atoms with E-state index < -0.39 is 6.29 Å². The lowest BCUT2D eigenvalue weighted by Crippen LogP contribution is -2.52. The first kappa shape index (κ1) is 17.3. The molecule has 4 heteroatoms. The van der Waals surface area contributed by atoms with Gasteiger partial charge >= 0.3 is 0 Å². The van der Waals surface area contributed by atoms with E-state index in [1.165, 1.54) is 36.0 Å². The maximum absolute atomic E-state index is 10.2. The summed E-state index contributed by atoms with van der Waals surface area (Å²) >= 11 is 0. The first-order valence-corrected chi connectivity index (χ1v) is 9.45. The first-order valence-electron chi connectivity index (χ1n) is 9.45. The Hall–Kier alpha value is -1.10. The number of hydrogen-bond acceptors (Lipinski definition) is 4. The molecule has 3 aliphatic rings. The minimum atomic E-state index is -0.723. The van der Waals surface area contributed by atoms with Crippen LogP contribution in [0.2, 0.25) is 0 Å². The van der Waals surface area contributed by atoms with Crippen LogP contribution in [0.25, 0.3) is 0 Å². The normalized spacial score (nSPS) is 39.5. The predicted octanol–water partition coefficient (Wildman–Crippen LogP) is 3.74. The Morgan fingerprint density at radius 2 is 2.04 bits per heavy atom. The molecule has 2 aliphatic carbocycles. The number of aliphatic hydroxyl groups excluding tert-OH is 1. The molecular formula is C21H30O4. The molecule has 0 saturated heterocycles. The molecule has 1 aliphatic heterocycles. The molecule has 0 amide bonds. The van der Waals surface area contributed by atoms with E-state index in [1.807, 2.05) is 0 Å². The van der Waals surface area contributed by atoms with Crippen LogP contribution < -0.4 is 4.74 Å². The van der Waals surface area contributed by atoms with Crippen LogP contribution in [0.15, 0.2) is 12.1 Å². The Morgan fingerprint density at radius 3 is 2.76 bits per heavy atom. The molecule has 1 aromatic rings. The summed E-state index contributed by atoms with van der Waals surface area (Å²) in [7, 11) is 3.52. The standard InChI is InChI=1S/C21H30O4/c1-20(12-23-3)6-5-7-21(2)15-10-14(24-4)8-13-9-18(22)25-16(19(13)15)11-17(20)21/h8,10,16-18,22H,5-7,9,11-12H2,1-4H3/t16-,17?,18?,20?,21?/m0/s1. The number of methoxy groups -OCH3 is 2. The average molecular weight is 346 g/mol. The Bertz CT molecular complexity index is 668. The van der Waals surface area contributed by atoms with E-state index >= 15 is 0 Å². The smallest absolute Gasteiger partial charge is 0.159 e. The van der Waals surface area contributed by atoms with Crippen LogP contribution in [-0.4, -0.2) is 32.2 Å². The van der Waals surface area contributed by atoms with Crippen LogP contribution in [0.4, 0.5) is 0 Å². The summed E-state index contributed by atoms with van der Waals surface area (Å²) in [6.45, 7) is 5.56. The topological polar surface area (TPSA) is 47.9 Å². The quantitative estimate of drug-likeness (QED) is 0.906. The van der Waals surface area contributed by atoms with Crippen molar-refractivity contribution in [3.8, 4) is 5.75 Å². The molecule has 0 bridgehead atoms. The zero-order valence-electron chi connectivity index (χ0n) is 15.8. The van der Waals surface area contributed by atoms with Crippen LogP contribution in [-0.2, 0) is 21.3 Å². The average Bonchev–Trinajstić information content (AvgIpc) is 2.56. The summed E-state index contributed by atoms with van der Waals surface area (Å²) in [4.78, 5) is 0. The summed E-state index contributed by atoms with van der Waals surface area (Å²) in [5, 5.41) is 10.2. The molecule has 4 unspecified atom stereocenters. The van der Waals surface area contributed by atoms with E-state index in [1.54, 1.807) is 14.2 Å². The number of ether oxygens (including phenoxy) is 3. The fourth-order valence-electron chi connectivity index (χ4n) is 6.05. The molecule has 1 fully saturated rings. The third kappa shape index (κ3) is 2.53. The van der Waals surface area contributed by atoms with Crippen molar-refractivity contribution in [2.75, 3.05) is 20.8 Å². The third-order valence-electron chi connectivity index (χ3n) is 7.11. The van der Waals surface area contributed by atoms with Crippen molar-refractivity contribution in [2.24, 2.45) is 11.3 Å². The number of fused-ring (bicyclic) bond motifs is 2. The monoisotopic (exact) mass is 346 g/mol. The highest BCUT2D eigenvalue weighted by Crippen LogP contribution is 2.61. The van der Waals surface area contributed by atoms with Crippen molar-refractivity contribution in [1.82, 2.24) is 0 Å². The van der Waals surface area contributed by atoms with Crippen LogP contribution in [0.1, 0.15) is 62.3 Å². The highest BCUT2D eigenvalue weighted by atomic mass is 16.6. The fraction of sp³-hybridized carbons (Fsp3) is 0.714. The van der Waals surface area contributed by atoms with Crippen molar-refractivity contribution < 1.29 is 19.3 Å². The van der Waals surface area contributed by atoms with E-state index in [4.69, 9.17) is 14.2 Å². The van der Waals surface area contributed by atoms with Gasteiger partial charge in [-0.1, -0.05) is 20.3 Å². The predicted molar refractivity (Wildman–Crippen MR) is 95.8 cm³/mol. The van der Waals surface area contributed by atoms with E-state index in [2.05, 4.69) is 26.0 Å². The second-order valence-corrected chi connectivity index (χ2v) is 8.68. The van der Waals surface area contributed by atoms with Gasteiger partial charge in [0.1, 0.15) is 5.75 Å². The van der Waals surface area contributed by atoms with Gasteiger partial charge in [0, 0.05) is 13.5 Å².